The first-order valence-electron chi connectivity index (χ1n) is 38.0. The van der Waals surface area contributed by atoms with Crippen molar-refractivity contribution in [2.75, 3.05) is 86.5 Å². The highest BCUT2D eigenvalue weighted by atomic mass is 16.5. The van der Waals surface area contributed by atoms with Crippen molar-refractivity contribution < 1.29 is 62.4 Å². The lowest BCUT2D eigenvalue weighted by Gasteiger charge is -2.27. The van der Waals surface area contributed by atoms with Gasteiger partial charge in [-0.25, -0.2) is 9.59 Å². The van der Waals surface area contributed by atoms with Gasteiger partial charge in [0, 0.05) is 103 Å². The van der Waals surface area contributed by atoms with E-state index >= 15 is 0 Å². The zero-order valence-electron chi connectivity index (χ0n) is 66.5. The van der Waals surface area contributed by atoms with Crippen LogP contribution in [-0.4, -0.2) is 171 Å². The molecule has 3 aliphatic carbocycles. The first-order chi connectivity index (χ1) is 50.0. The summed E-state index contributed by atoms with van der Waals surface area (Å²) in [5.41, 5.74) is 4.50. The quantitative estimate of drug-likeness (QED) is 0.0278. The Morgan fingerprint density at radius 3 is 1.18 bits per heavy atom. The second-order valence-electron chi connectivity index (χ2n) is 26.2. The van der Waals surface area contributed by atoms with Crippen molar-refractivity contribution in [3.63, 3.8) is 0 Å². The number of aliphatic hydroxyl groups is 1. The highest BCUT2D eigenvalue weighted by Gasteiger charge is 2.34. The summed E-state index contributed by atoms with van der Waals surface area (Å²) in [6.07, 6.45) is 13.7. The molecule has 3 N–H and O–H groups in total. The number of carbonyl (C=O) groups excluding carboxylic acids is 7. The molecule has 114 heavy (non-hydrogen) atoms. The third kappa shape index (κ3) is 69.2. The van der Waals surface area contributed by atoms with Gasteiger partial charge in [-0.1, -0.05) is 262 Å². The summed E-state index contributed by atoms with van der Waals surface area (Å²) in [5.74, 6) is 2.59. The number of rotatable bonds is 31. The maximum atomic E-state index is 12.1. The summed E-state index contributed by atoms with van der Waals surface area (Å²) >= 11 is 0. The smallest absolute Gasteiger partial charge is 0.407 e. The lowest BCUT2D eigenvalue weighted by atomic mass is 9.90. The van der Waals surface area contributed by atoms with Crippen LogP contribution in [0.5, 0.6) is 5.75 Å². The monoisotopic (exact) mass is 1610 g/mol. The van der Waals surface area contributed by atoms with Gasteiger partial charge in [0.1, 0.15) is 5.75 Å². The zero-order chi connectivity index (χ0) is 77.8. The standard InChI is InChI=1S/C14H19NO.C12H23NO2.C11H15NO2.C10H13NO2.C10H19NO.C9H12O.C8H17NO.C8H10O.C3H6O2.10CH4/c1-2-10-15(13-8-9-13)14(16)11-12-6-4-3-5-7-12;1-4-7-13(10-5-6-10)11(15)8-12(2,3)9-14;1-2-14-11(13)12-9-8-10-6-4-3-5-7-10;1-13-10(12)11-8-7-9-5-3-2-4-6-9;1-3-7-11(10(12)4-2)8-9-5-6-9;1-2-10-8-9-6-4-3-5-7-9;1-5-8(10)9(6-2)7(3)4;1-2-9-8-6-4-3-5-7-8;1-3(4)5-2;;;;;;;;;;/h3-7,13H,2,8-11H2,1H3;10,14H,4-9H2,1-3H3;3-7H,2,8-9H2,1H3,(H,12,13);2-6H,7-8H2,1H3,(H,11,12);9H,3-8H2,1-2H3;3-7H,2,8H2,1H3;7H,5-6H2,1-4H3;3-7H,2H2,1H3;1-2H3;10*1H4. The van der Waals surface area contributed by atoms with Crippen LogP contribution in [0.4, 0.5) is 9.59 Å². The second-order valence-corrected chi connectivity index (χ2v) is 26.2. The Labute approximate surface area is 700 Å². The van der Waals surface area contributed by atoms with Crippen LogP contribution in [0.1, 0.15) is 271 Å². The molecular formula is C95H174N6O13. The molecule has 0 heterocycles. The molecule has 0 saturated heterocycles. The van der Waals surface area contributed by atoms with E-state index in [-0.39, 0.29) is 122 Å². The SMILES string of the molecule is C.C.C.C.C.C.C.C.C.C.CCC(=O)N(CC)C(C)C.CCCN(C(=O)CC(C)(C)CO)C1CC1.CCCN(C(=O)Cc1ccccc1)C1CC1.CCCN(CC1CC1)C(=O)CC.CCOC(=O)NCCc1ccccc1.CCOCc1ccccc1.CCOc1ccccc1.COC(=O)NCCc1ccccc1.COC(C)=O. The Morgan fingerprint density at radius 2 is 0.860 bits per heavy atom. The maximum Gasteiger partial charge on any atom is 0.407 e. The largest absolute Gasteiger partial charge is 0.494 e. The van der Waals surface area contributed by atoms with Crippen LogP contribution in [0.25, 0.3) is 0 Å². The summed E-state index contributed by atoms with van der Waals surface area (Å²) in [6.45, 7) is 35.8. The van der Waals surface area contributed by atoms with Crippen molar-refractivity contribution in [2.24, 2.45) is 11.3 Å². The van der Waals surface area contributed by atoms with Crippen LogP contribution in [0, 0.1) is 11.3 Å². The molecule has 5 aromatic rings. The number of carbonyl (C=O) groups is 7. The molecule has 19 nitrogen and oxygen atoms in total. The Balaban J connectivity index is -0.000000116. The molecule has 19 heteroatoms. The maximum absolute atomic E-state index is 12.1. The summed E-state index contributed by atoms with van der Waals surface area (Å²) in [5, 5.41) is 14.4. The number of nitrogens with one attached hydrogen (secondary N) is 2. The molecule has 0 spiro atoms. The summed E-state index contributed by atoms with van der Waals surface area (Å²) in [4.78, 5) is 85.7. The highest BCUT2D eigenvalue weighted by Crippen LogP contribution is 2.31. The molecule has 0 bridgehead atoms. The topological polar surface area (TPSA) is 223 Å². The van der Waals surface area contributed by atoms with Crippen molar-refractivity contribution in [2.45, 2.75) is 292 Å². The van der Waals surface area contributed by atoms with Gasteiger partial charge in [-0.2, -0.15) is 0 Å². The highest BCUT2D eigenvalue weighted by molar-refractivity contribution is 5.79. The lowest BCUT2D eigenvalue weighted by molar-refractivity contribution is -0.138. The zero-order valence-corrected chi connectivity index (χ0v) is 66.5. The van der Waals surface area contributed by atoms with E-state index in [1.807, 2.05) is 217 Å². The molecular weight excluding hydrogens is 1430 g/mol. The molecule has 0 aromatic heterocycles. The minimum Gasteiger partial charge on any atom is -0.494 e. The van der Waals surface area contributed by atoms with Crippen LogP contribution in [0.3, 0.4) is 0 Å². The van der Waals surface area contributed by atoms with Gasteiger partial charge in [-0.3, -0.25) is 24.0 Å². The summed E-state index contributed by atoms with van der Waals surface area (Å²) < 4.78 is 23.7. The molecule has 0 unspecified atom stereocenters. The molecule has 6 amide bonds. The van der Waals surface area contributed by atoms with Gasteiger partial charge in [0.15, 0.2) is 0 Å². The lowest BCUT2D eigenvalue weighted by Crippen LogP contribution is -2.37. The average molecular weight is 1610 g/mol. The first kappa shape index (κ1) is 129. The van der Waals surface area contributed by atoms with Gasteiger partial charge in [0.05, 0.1) is 40.5 Å². The average Bonchev–Trinajstić information content (AvgIpc) is 1.71. The van der Waals surface area contributed by atoms with E-state index in [1.54, 1.807) is 6.92 Å². The number of benzene rings is 5. The number of ether oxygens (including phenoxy) is 5. The van der Waals surface area contributed by atoms with E-state index in [9.17, 15) is 33.6 Å². The molecule has 662 valence electrons. The van der Waals surface area contributed by atoms with E-state index in [2.05, 4.69) is 57.9 Å². The van der Waals surface area contributed by atoms with Gasteiger partial charge in [0.25, 0.3) is 0 Å². The fraction of sp³-hybridized carbons (Fsp3) is 0.611. The molecule has 5 aromatic carbocycles. The second kappa shape index (κ2) is 82.7. The number of nitrogens with zero attached hydrogens (tertiary/aromatic N) is 4. The minimum absolute atomic E-state index is 0. The van der Waals surface area contributed by atoms with Gasteiger partial charge in [-0.05, 0) is 158 Å². The van der Waals surface area contributed by atoms with Crippen molar-refractivity contribution in [3.8, 4) is 5.75 Å². The van der Waals surface area contributed by atoms with Gasteiger partial charge in [-0.15, -0.1) is 0 Å². The molecule has 0 radical (unpaired) electrons. The van der Waals surface area contributed by atoms with Crippen molar-refractivity contribution >= 4 is 41.8 Å². The number of esters is 1. The Kier molecular flexibility index (Phi) is 93.7. The van der Waals surface area contributed by atoms with Crippen molar-refractivity contribution in [1.29, 1.82) is 0 Å². The minimum atomic E-state index is -0.379. The van der Waals surface area contributed by atoms with Gasteiger partial charge in [0.2, 0.25) is 23.6 Å². The summed E-state index contributed by atoms with van der Waals surface area (Å²) in [7, 11) is 2.71. The number of methoxy groups -OCH3 is 2. The number of aliphatic hydroxyl groups excluding tert-OH is 1. The number of hydrogen-bond donors (Lipinski definition) is 3. The van der Waals surface area contributed by atoms with Crippen LogP contribution in [0.15, 0.2) is 152 Å². The molecule has 3 fully saturated rings. The third-order valence-corrected chi connectivity index (χ3v) is 15.9. The predicted molar refractivity (Wildman–Crippen MR) is 488 cm³/mol. The van der Waals surface area contributed by atoms with Crippen LogP contribution in [0.2, 0.25) is 0 Å². The van der Waals surface area contributed by atoms with E-state index in [4.69, 9.17) is 19.3 Å². The number of alkyl carbamates (subject to hydrolysis) is 2. The molecule has 8 rings (SSSR count). The molecule has 0 atom stereocenters. The third-order valence-electron chi connectivity index (χ3n) is 15.9. The summed E-state index contributed by atoms with van der Waals surface area (Å²) in [6, 6.07) is 51.4. The Bertz CT molecular complexity index is 2960. The van der Waals surface area contributed by atoms with Crippen LogP contribution >= 0.6 is 0 Å². The van der Waals surface area contributed by atoms with E-state index in [0.717, 1.165) is 115 Å². The normalized spacial score (nSPS) is 10.9. The first-order valence-corrected chi connectivity index (χ1v) is 38.0. The Hall–Kier alpha value is -8.29. The van der Waals surface area contributed by atoms with E-state index in [1.165, 1.54) is 63.5 Å². The van der Waals surface area contributed by atoms with Crippen molar-refractivity contribution in [1.82, 2.24) is 30.2 Å². The van der Waals surface area contributed by atoms with Crippen molar-refractivity contribution in [3.05, 3.63) is 174 Å². The molecule has 3 saturated carbocycles. The Morgan fingerprint density at radius 1 is 0.474 bits per heavy atom. The van der Waals surface area contributed by atoms with Crippen LogP contribution in [-0.2, 0) is 68.8 Å². The predicted octanol–water partition coefficient (Wildman–Crippen LogP) is 22.5. The number of para-hydroxylation sites is 1. The van der Waals surface area contributed by atoms with Crippen LogP contribution < -0.4 is 15.4 Å². The number of hydrogen-bond acceptors (Lipinski definition) is 13. The number of amides is 6. The van der Waals surface area contributed by atoms with E-state index in [0.29, 0.717) is 69.4 Å². The van der Waals surface area contributed by atoms with Gasteiger partial charge < -0.3 is 59.0 Å². The fourth-order valence-corrected chi connectivity index (χ4v) is 9.81. The van der Waals surface area contributed by atoms with E-state index < -0.39 is 0 Å². The molecule has 0 aliphatic heterocycles. The molecule has 3 aliphatic rings. The fourth-order valence-electron chi connectivity index (χ4n) is 9.81. The van der Waals surface area contributed by atoms with Gasteiger partial charge >= 0.3 is 18.2 Å².